The minimum absolute atomic E-state index is 0.132. The number of nitrogens with two attached hydrogens (primary N) is 1. The van der Waals surface area contributed by atoms with Crippen LogP contribution in [-0.4, -0.2) is 12.7 Å². The molecule has 0 saturated heterocycles. The molecule has 21 heavy (non-hydrogen) atoms. The Hall–Kier alpha value is -1.78. The number of fused-ring (bicyclic) bond motifs is 1. The third kappa shape index (κ3) is 3.12. The Labute approximate surface area is 127 Å². The number of hydrogen-bond acceptors (Lipinski definition) is 3. The van der Waals surface area contributed by atoms with Crippen molar-refractivity contribution in [2.45, 2.75) is 19.1 Å². The van der Waals surface area contributed by atoms with Crippen LogP contribution >= 0.6 is 11.6 Å². The summed E-state index contributed by atoms with van der Waals surface area (Å²) in [5.41, 5.74) is 7.37. The van der Waals surface area contributed by atoms with E-state index in [1.807, 2.05) is 6.07 Å². The summed E-state index contributed by atoms with van der Waals surface area (Å²) < 4.78 is 24.6. The van der Waals surface area contributed by atoms with Gasteiger partial charge in [0.15, 0.2) is 0 Å². The average Bonchev–Trinajstić information content (AvgIpc) is 2.87. The van der Waals surface area contributed by atoms with Gasteiger partial charge in [-0.05, 0) is 35.9 Å². The highest BCUT2D eigenvalue weighted by Gasteiger charge is 2.24. The largest absolute Gasteiger partial charge is 0.488 e. The monoisotopic (exact) mass is 307 g/mol. The van der Waals surface area contributed by atoms with E-state index in [0.29, 0.717) is 30.3 Å². The minimum Gasteiger partial charge on any atom is -0.488 e. The van der Waals surface area contributed by atoms with E-state index in [-0.39, 0.29) is 11.9 Å². The summed E-state index contributed by atoms with van der Waals surface area (Å²) in [4.78, 5) is 0. The highest BCUT2D eigenvalue weighted by molar-refractivity contribution is 6.32. The molecule has 1 unspecified atom stereocenters. The molecule has 3 rings (SSSR count). The van der Waals surface area contributed by atoms with Crippen LogP contribution in [0.4, 0.5) is 4.39 Å². The fourth-order valence-corrected chi connectivity index (χ4v) is 2.61. The predicted octanol–water partition coefficient (Wildman–Crippen LogP) is 3.32. The second kappa shape index (κ2) is 5.92. The van der Waals surface area contributed by atoms with Gasteiger partial charge < -0.3 is 15.2 Å². The molecule has 110 valence electrons. The zero-order valence-electron chi connectivity index (χ0n) is 11.3. The van der Waals surface area contributed by atoms with E-state index in [2.05, 4.69) is 0 Å². The van der Waals surface area contributed by atoms with Crippen molar-refractivity contribution >= 4 is 11.6 Å². The molecule has 2 aromatic rings. The van der Waals surface area contributed by atoms with Gasteiger partial charge >= 0.3 is 0 Å². The lowest BCUT2D eigenvalue weighted by Crippen LogP contribution is -2.22. The van der Waals surface area contributed by atoms with Gasteiger partial charge in [0.25, 0.3) is 0 Å². The summed E-state index contributed by atoms with van der Waals surface area (Å²) in [5.74, 6) is 1.06. The maximum absolute atomic E-state index is 13.1. The van der Waals surface area contributed by atoms with Crippen LogP contribution in [0.25, 0.3) is 0 Å². The van der Waals surface area contributed by atoms with Crippen molar-refractivity contribution < 1.29 is 13.9 Å². The molecule has 0 amide bonds. The first-order valence-electron chi connectivity index (χ1n) is 6.72. The zero-order valence-corrected chi connectivity index (χ0v) is 12.1. The molecule has 1 aliphatic heterocycles. The van der Waals surface area contributed by atoms with Gasteiger partial charge in [-0.25, -0.2) is 4.39 Å². The Balaban J connectivity index is 1.62. The first-order chi connectivity index (χ1) is 10.2. The van der Waals surface area contributed by atoms with Crippen LogP contribution in [0.2, 0.25) is 5.02 Å². The van der Waals surface area contributed by atoms with E-state index in [9.17, 15) is 4.39 Å². The maximum Gasteiger partial charge on any atom is 0.138 e. The molecule has 0 radical (unpaired) electrons. The Morgan fingerprint density at radius 3 is 2.90 bits per heavy atom. The lowest BCUT2D eigenvalue weighted by Gasteiger charge is -2.13. The molecule has 5 heteroatoms. The van der Waals surface area contributed by atoms with Crippen LogP contribution in [0.15, 0.2) is 36.4 Å². The molecule has 2 aromatic carbocycles. The fraction of sp³-hybridized carbons (Fsp3) is 0.250. The van der Waals surface area contributed by atoms with Gasteiger partial charge in [0, 0.05) is 18.5 Å². The van der Waals surface area contributed by atoms with Gasteiger partial charge in [-0.1, -0.05) is 17.7 Å². The van der Waals surface area contributed by atoms with Gasteiger partial charge in [-0.15, -0.1) is 0 Å². The molecule has 0 saturated carbocycles. The zero-order chi connectivity index (χ0) is 14.8. The molecular weight excluding hydrogens is 293 g/mol. The van der Waals surface area contributed by atoms with E-state index < -0.39 is 0 Å². The van der Waals surface area contributed by atoms with Crippen molar-refractivity contribution in [2.75, 3.05) is 6.61 Å². The molecule has 0 aromatic heterocycles. The van der Waals surface area contributed by atoms with Gasteiger partial charge in [0.05, 0.1) is 5.02 Å². The first kappa shape index (κ1) is 14.2. The van der Waals surface area contributed by atoms with E-state index in [1.54, 1.807) is 18.2 Å². The number of benzene rings is 2. The van der Waals surface area contributed by atoms with Crippen LogP contribution in [0.3, 0.4) is 0 Å². The SMILES string of the molecule is NCc1ccc(OCC2Cc3cc(F)ccc3O2)c(Cl)c1. The maximum atomic E-state index is 13.1. The smallest absolute Gasteiger partial charge is 0.138 e. The topological polar surface area (TPSA) is 44.5 Å². The number of hydrogen-bond donors (Lipinski definition) is 1. The Morgan fingerprint density at radius 1 is 1.29 bits per heavy atom. The molecule has 1 heterocycles. The van der Waals surface area contributed by atoms with Gasteiger partial charge in [-0.3, -0.25) is 0 Å². The third-order valence-corrected chi connectivity index (χ3v) is 3.72. The summed E-state index contributed by atoms with van der Waals surface area (Å²) in [6.07, 6.45) is 0.498. The summed E-state index contributed by atoms with van der Waals surface area (Å²) >= 11 is 6.13. The van der Waals surface area contributed by atoms with Crippen molar-refractivity contribution in [3.05, 3.63) is 58.4 Å². The van der Waals surface area contributed by atoms with Crippen molar-refractivity contribution in [2.24, 2.45) is 5.73 Å². The van der Waals surface area contributed by atoms with E-state index >= 15 is 0 Å². The second-order valence-electron chi connectivity index (χ2n) is 4.98. The quantitative estimate of drug-likeness (QED) is 0.942. The molecule has 0 fully saturated rings. The van der Waals surface area contributed by atoms with Crippen LogP contribution in [0.1, 0.15) is 11.1 Å². The molecule has 0 aliphatic carbocycles. The van der Waals surface area contributed by atoms with Crippen LogP contribution in [-0.2, 0) is 13.0 Å². The van der Waals surface area contributed by atoms with Crippen LogP contribution < -0.4 is 15.2 Å². The summed E-state index contributed by atoms with van der Waals surface area (Å²) in [6, 6.07) is 10.0. The number of halogens is 2. The van der Waals surface area contributed by atoms with Crippen molar-refractivity contribution in [3.8, 4) is 11.5 Å². The van der Waals surface area contributed by atoms with Crippen molar-refractivity contribution in [3.63, 3.8) is 0 Å². The van der Waals surface area contributed by atoms with E-state index in [0.717, 1.165) is 16.9 Å². The third-order valence-electron chi connectivity index (χ3n) is 3.42. The first-order valence-corrected chi connectivity index (χ1v) is 7.10. The molecule has 1 aliphatic rings. The lowest BCUT2D eigenvalue weighted by atomic mass is 10.1. The summed E-state index contributed by atoms with van der Waals surface area (Å²) in [5, 5.41) is 0.527. The molecule has 0 bridgehead atoms. The molecule has 1 atom stereocenters. The number of rotatable bonds is 4. The predicted molar refractivity (Wildman–Crippen MR) is 79.4 cm³/mol. The minimum atomic E-state index is -0.251. The van der Waals surface area contributed by atoms with E-state index in [4.69, 9.17) is 26.8 Å². The summed E-state index contributed by atoms with van der Waals surface area (Å²) in [7, 11) is 0. The van der Waals surface area contributed by atoms with Crippen molar-refractivity contribution in [1.82, 2.24) is 0 Å². The van der Waals surface area contributed by atoms with Gasteiger partial charge in [0.2, 0.25) is 0 Å². The van der Waals surface area contributed by atoms with Crippen LogP contribution in [0, 0.1) is 5.82 Å². The Kier molecular flexibility index (Phi) is 3.99. The van der Waals surface area contributed by atoms with Crippen LogP contribution in [0.5, 0.6) is 11.5 Å². The molecule has 0 spiro atoms. The number of ether oxygens (including phenoxy) is 2. The lowest BCUT2D eigenvalue weighted by molar-refractivity contribution is 0.148. The molecule has 3 nitrogen and oxygen atoms in total. The molecular formula is C16H15ClFNO2. The summed E-state index contributed by atoms with van der Waals surface area (Å²) in [6.45, 7) is 0.796. The fourth-order valence-electron chi connectivity index (χ4n) is 2.35. The molecule has 2 N–H and O–H groups in total. The van der Waals surface area contributed by atoms with Gasteiger partial charge in [0.1, 0.15) is 30.0 Å². The average molecular weight is 308 g/mol. The second-order valence-corrected chi connectivity index (χ2v) is 5.38. The Morgan fingerprint density at radius 2 is 2.14 bits per heavy atom. The normalized spacial score (nSPS) is 16.4. The standard InChI is InChI=1S/C16H15ClFNO2/c17-14-5-10(8-19)1-3-16(14)20-9-13-7-11-6-12(18)2-4-15(11)21-13/h1-6,13H,7-9,19H2. The van der Waals surface area contributed by atoms with E-state index in [1.165, 1.54) is 12.1 Å². The Bertz CT molecular complexity index is 663. The van der Waals surface area contributed by atoms with Crippen molar-refractivity contribution in [1.29, 1.82) is 0 Å². The highest BCUT2D eigenvalue weighted by atomic mass is 35.5. The highest BCUT2D eigenvalue weighted by Crippen LogP contribution is 2.31. The van der Waals surface area contributed by atoms with Gasteiger partial charge in [-0.2, -0.15) is 0 Å².